The summed E-state index contributed by atoms with van der Waals surface area (Å²) in [6, 6.07) is 6.25. The molecule has 1 fully saturated rings. The number of carboxylic acid groups (broad SMARTS) is 1. The van der Waals surface area contributed by atoms with Crippen molar-refractivity contribution in [3.8, 4) is 0 Å². The number of aliphatic carboxylic acids is 1. The summed E-state index contributed by atoms with van der Waals surface area (Å²) < 4.78 is 4.85. The summed E-state index contributed by atoms with van der Waals surface area (Å²) >= 11 is 0. The number of ether oxygens (including phenoxy) is 1. The highest BCUT2D eigenvalue weighted by molar-refractivity contribution is 5.78. The molecular weight excluding hydrogens is 284 g/mol. The Bertz CT molecular complexity index is 551. The molecule has 1 saturated heterocycles. The van der Waals surface area contributed by atoms with Gasteiger partial charge in [0.1, 0.15) is 13.2 Å². The van der Waals surface area contributed by atoms with Crippen LogP contribution in [-0.2, 0) is 14.3 Å². The van der Waals surface area contributed by atoms with Crippen molar-refractivity contribution >= 4 is 17.6 Å². The van der Waals surface area contributed by atoms with Gasteiger partial charge in [-0.1, -0.05) is 12.1 Å². The van der Waals surface area contributed by atoms with Gasteiger partial charge in [-0.3, -0.25) is 4.79 Å². The molecule has 0 unspecified atom stereocenters. The molecule has 2 rings (SSSR count). The van der Waals surface area contributed by atoms with Crippen molar-refractivity contribution in [1.82, 2.24) is 4.90 Å². The zero-order valence-corrected chi connectivity index (χ0v) is 13.0. The summed E-state index contributed by atoms with van der Waals surface area (Å²) in [5, 5.41) is 8.49. The second kappa shape index (κ2) is 7.26. The molecule has 6 nitrogen and oxygen atoms in total. The predicted octanol–water partition coefficient (Wildman–Crippen LogP) is 1.05. The Labute approximate surface area is 130 Å². The van der Waals surface area contributed by atoms with Gasteiger partial charge in [-0.05, 0) is 31.0 Å². The molecule has 1 aromatic rings. The maximum absolute atomic E-state index is 11.9. The summed E-state index contributed by atoms with van der Waals surface area (Å²) in [5.74, 6) is -1.21. The van der Waals surface area contributed by atoms with Crippen molar-refractivity contribution in [2.24, 2.45) is 0 Å². The van der Waals surface area contributed by atoms with E-state index in [1.54, 1.807) is 4.90 Å². The number of hydrogen-bond donors (Lipinski definition) is 1. The van der Waals surface area contributed by atoms with Crippen LogP contribution in [0.25, 0.3) is 0 Å². The van der Waals surface area contributed by atoms with Crippen LogP contribution < -0.4 is 4.90 Å². The Balaban J connectivity index is 1.86. The zero-order valence-electron chi connectivity index (χ0n) is 13.0. The molecule has 1 N–H and O–H groups in total. The van der Waals surface area contributed by atoms with Crippen LogP contribution >= 0.6 is 0 Å². The van der Waals surface area contributed by atoms with E-state index < -0.39 is 12.6 Å². The van der Waals surface area contributed by atoms with Gasteiger partial charge in [-0.25, -0.2) is 4.79 Å². The first-order valence-corrected chi connectivity index (χ1v) is 7.37. The highest BCUT2D eigenvalue weighted by Gasteiger charge is 2.22. The molecule has 0 saturated carbocycles. The Kier molecular flexibility index (Phi) is 5.38. The molecule has 1 aliphatic heterocycles. The van der Waals surface area contributed by atoms with E-state index in [1.807, 2.05) is 0 Å². The third kappa shape index (κ3) is 3.98. The van der Waals surface area contributed by atoms with E-state index >= 15 is 0 Å². The smallest absolute Gasteiger partial charge is 0.329 e. The van der Waals surface area contributed by atoms with Crippen LogP contribution in [0.5, 0.6) is 0 Å². The lowest BCUT2D eigenvalue weighted by atomic mass is 10.1. The van der Waals surface area contributed by atoms with Crippen molar-refractivity contribution in [2.45, 2.75) is 13.8 Å². The van der Waals surface area contributed by atoms with Gasteiger partial charge in [-0.2, -0.15) is 0 Å². The fraction of sp³-hybridized carbons (Fsp3) is 0.500. The number of piperazine rings is 1. The van der Waals surface area contributed by atoms with Gasteiger partial charge in [0, 0.05) is 31.9 Å². The second-order valence-corrected chi connectivity index (χ2v) is 5.47. The summed E-state index contributed by atoms with van der Waals surface area (Å²) in [5.41, 5.74) is 3.75. The fourth-order valence-electron chi connectivity index (χ4n) is 2.59. The van der Waals surface area contributed by atoms with Crippen molar-refractivity contribution in [2.75, 3.05) is 44.3 Å². The van der Waals surface area contributed by atoms with Gasteiger partial charge >= 0.3 is 5.97 Å². The molecule has 6 heteroatoms. The van der Waals surface area contributed by atoms with E-state index in [-0.39, 0.29) is 12.5 Å². The number of amides is 1. The van der Waals surface area contributed by atoms with Gasteiger partial charge in [-0.15, -0.1) is 0 Å². The minimum Gasteiger partial charge on any atom is -0.480 e. The summed E-state index contributed by atoms with van der Waals surface area (Å²) in [4.78, 5) is 26.3. The van der Waals surface area contributed by atoms with Crippen molar-refractivity contribution in [3.05, 3.63) is 29.3 Å². The van der Waals surface area contributed by atoms with Crippen molar-refractivity contribution in [3.63, 3.8) is 0 Å². The van der Waals surface area contributed by atoms with E-state index in [4.69, 9.17) is 9.84 Å². The normalized spacial score (nSPS) is 15.0. The SMILES string of the molecule is Cc1cccc(N2CCN(C(=O)COCC(=O)O)CC2)c1C. The zero-order chi connectivity index (χ0) is 16.1. The van der Waals surface area contributed by atoms with E-state index in [9.17, 15) is 9.59 Å². The van der Waals surface area contributed by atoms with Gasteiger partial charge in [0.15, 0.2) is 0 Å². The van der Waals surface area contributed by atoms with Gasteiger partial charge in [0.2, 0.25) is 5.91 Å². The third-order valence-electron chi connectivity index (χ3n) is 4.00. The minimum absolute atomic E-state index is 0.151. The highest BCUT2D eigenvalue weighted by Crippen LogP contribution is 2.23. The Hall–Kier alpha value is -2.08. The average molecular weight is 306 g/mol. The Morgan fingerprint density at radius 2 is 1.82 bits per heavy atom. The third-order valence-corrected chi connectivity index (χ3v) is 4.00. The lowest BCUT2D eigenvalue weighted by molar-refractivity contribution is -0.145. The van der Waals surface area contributed by atoms with E-state index in [2.05, 4.69) is 36.9 Å². The number of benzene rings is 1. The molecule has 0 atom stereocenters. The fourth-order valence-corrected chi connectivity index (χ4v) is 2.59. The van der Waals surface area contributed by atoms with Crippen LogP contribution in [0.15, 0.2) is 18.2 Å². The first-order chi connectivity index (χ1) is 10.5. The van der Waals surface area contributed by atoms with Crippen LogP contribution in [0.3, 0.4) is 0 Å². The number of anilines is 1. The quantitative estimate of drug-likeness (QED) is 0.880. The number of carbonyl (C=O) groups excluding carboxylic acids is 1. The molecule has 22 heavy (non-hydrogen) atoms. The number of aryl methyl sites for hydroxylation is 1. The number of rotatable bonds is 5. The summed E-state index contributed by atoms with van der Waals surface area (Å²) in [6.45, 7) is 6.40. The number of nitrogens with zero attached hydrogens (tertiary/aromatic N) is 2. The lowest BCUT2D eigenvalue weighted by Gasteiger charge is -2.37. The van der Waals surface area contributed by atoms with E-state index in [0.29, 0.717) is 13.1 Å². The van der Waals surface area contributed by atoms with Gasteiger partial charge in [0.25, 0.3) is 0 Å². The first kappa shape index (κ1) is 16.3. The predicted molar refractivity (Wildman–Crippen MR) is 83.2 cm³/mol. The van der Waals surface area contributed by atoms with Gasteiger partial charge < -0.3 is 19.6 Å². The largest absolute Gasteiger partial charge is 0.480 e. The maximum Gasteiger partial charge on any atom is 0.329 e. The Morgan fingerprint density at radius 1 is 1.14 bits per heavy atom. The van der Waals surface area contributed by atoms with Crippen LogP contribution in [-0.4, -0.2) is 61.3 Å². The van der Waals surface area contributed by atoms with Crippen LogP contribution in [0.1, 0.15) is 11.1 Å². The number of hydrogen-bond acceptors (Lipinski definition) is 4. The average Bonchev–Trinajstić information content (AvgIpc) is 2.50. The molecule has 120 valence electrons. The molecule has 0 aromatic heterocycles. The molecule has 0 bridgehead atoms. The van der Waals surface area contributed by atoms with E-state index in [1.165, 1.54) is 16.8 Å². The molecule has 0 aliphatic carbocycles. The van der Waals surface area contributed by atoms with Crippen LogP contribution in [0.2, 0.25) is 0 Å². The molecule has 0 spiro atoms. The Morgan fingerprint density at radius 3 is 2.45 bits per heavy atom. The topological polar surface area (TPSA) is 70.1 Å². The highest BCUT2D eigenvalue weighted by atomic mass is 16.5. The number of carboxylic acids is 1. The first-order valence-electron chi connectivity index (χ1n) is 7.37. The standard InChI is InChI=1S/C16H22N2O4/c1-12-4-3-5-14(13(12)2)17-6-8-18(9-7-17)15(19)10-22-11-16(20)21/h3-5H,6-11H2,1-2H3,(H,20,21). The maximum atomic E-state index is 11.9. The molecule has 1 aliphatic rings. The molecule has 1 aromatic carbocycles. The second-order valence-electron chi connectivity index (χ2n) is 5.47. The summed E-state index contributed by atoms with van der Waals surface area (Å²) in [6.07, 6.45) is 0. The van der Waals surface area contributed by atoms with Crippen molar-refractivity contribution in [1.29, 1.82) is 0 Å². The molecule has 1 heterocycles. The number of carbonyl (C=O) groups is 2. The van der Waals surface area contributed by atoms with Gasteiger partial charge in [0.05, 0.1) is 0 Å². The molecular formula is C16H22N2O4. The van der Waals surface area contributed by atoms with Crippen LogP contribution in [0, 0.1) is 13.8 Å². The van der Waals surface area contributed by atoms with Crippen molar-refractivity contribution < 1.29 is 19.4 Å². The molecule has 0 radical (unpaired) electrons. The lowest BCUT2D eigenvalue weighted by Crippen LogP contribution is -2.50. The minimum atomic E-state index is -1.06. The monoisotopic (exact) mass is 306 g/mol. The molecule has 1 amide bonds. The summed E-state index contributed by atoms with van der Waals surface area (Å²) in [7, 11) is 0. The van der Waals surface area contributed by atoms with Crippen LogP contribution in [0.4, 0.5) is 5.69 Å². The van der Waals surface area contributed by atoms with E-state index in [0.717, 1.165) is 13.1 Å².